The third-order valence-corrected chi connectivity index (χ3v) is 5.22. The molecule has 0 bridgehead atoms. The van der Waals surface area contributed by atoms with E-state index in [4.69, 9.17) is 20.8 Å². The zero-order chi connectivity index (χ0) is 21.8. The van der Waals surface area contributed by atoms with Crippen LogP contribution in [0.1, 0.15) is 35.7 Å². The highest BCUT2D eigenvalue weighted by molar-refractivity contribution is 6.34. The van der Waals surface area contributed by atoms with Crippen molar-refractivity contribution in [3.63, 3.8) is 0 Å². The molecule has 0 aliphatic rings. The van der Waals surface area contributed by atoms with Gasteiger partial charge in [-0.1, -0.05) is 31.0 Å². The number of nitrogens with one attached hydrogen (secondary N) is 1. The normalized spacial score (nSPS) is 10.9. The summed E-state index contributed by atoms with van der Waals surface area (Å²) < 4.78 is 11.5. The van der Waals surface area contributed by atoms with Crippen molar-refractivity contribution in [3.05, 3.63) is 76.8 Å². The molecule has 1 aromatic heterocycles. The molecular weight excluding hydrogens is 412 g/mol. The lowest BCUT2D eigenvalue weighted by molar-refractivity contribution is 0.102. The van der Waals surface area contributed by atoms with E-state index in [2.05, 4.69) is 17.2 Å². The van der Waals surface area contributed by atoms with Gasteiger partial charge in [-0.25, -0.2) is 4.98 Å². The van der Waals surface area contributed by atoms with Crippen LogP contribution in [0.15, 0.2) is 65.1 Å². The predicted octanol–water partition coefficient (Wildman–Crippen LogP) is 6.89. The number of aromatic nitrogens is 1. The van der Waals surface area contributed by atoms with Gasteiger partial charge in [0.2, 0.25) is 5.89 Å². The number of unbranched alkanes of at least 4 members (excludes halogenated alkanes) is 1. The molecule has 0 saturated carbocycles. The second-order valence-corrected chi connectivity index (χ2v) is 7.77. The average Bonchev–Trinajstić information content (AvgIpc) is 3.19. The summed E-state index contributed by atoms with van der Waals surface area (Å²) >= 11 is 6.33. The molecule has 1 amide bonds. The summed E-state index contributed by atoms with van der Waals surface area (Å²) in [7, 11) is 0. The first-order valence-electron chi connectivity index (χ1n) is 10.2. The maximum Gasteiger partial charge on any atom is 0.255 e. The Kier molecular flexibility index (Phi) is 6.23. The lowest BCUT2D eigenvalue weighted by Crippen LogP contribution is -2.12. The van der Waals surface area contributed by atoms with Crippen LogP contribution in [0, 0.1) is 6.92 Å². The Morgan fingerprint density at radius 3 is 2.68 bits per heavy atom. The van der Waals surface area contributed by atoms with E-state index >= 15 is 0 Å². The van der Waals surface area contributed by atoms with Crippen LogP contribution >= 0.6 is 11.6 Å². The Hall–Kier alpha value is -3.31. The predicted molar refractivity (Wildman–Crippen MR) is 124 cm³/mol. The first kappa shape index (κ1) is 20.9. The molecule has 6 heteroatoms. The Morgan fingerprint density at radius 2 is 1.90 bits per heavy atom. The number of hydrogen-bond donors (Lipinski definition) is 1. The van der Waals surface area contributed by atoms with Crippen LogP contribution in [0.3, 0.4) is 0 Å². The van der Waals surface area contributed by atoms with Crippen LogP contribution in [0.4, 0.5) is 5.69 Å². The van der Waals surface area contributed by atoms with E-state index in [9.17, 15) is 4.79 Å². The molecule has 158 valence electrons. The third kappa shape index (κ3) is 4.89. The summed E-state index contributed by atoms with van der Waals surface area (Å²) in [6.45, 7) is 4.79. The molecule has 3 aromatic carbocycles. The molecule has 31 heavy (non-hydrogen) atoms. The lowest BCUT2D eigenvalue weighted by Gasteiger charge is -2.10. The van der Waals surface area contributed by atoms with E-state index < -0.39 is 0 Å². The van der Waals surface area contributed by atoms with Crippen molar-refractivity contribution in [2.75, 3.05) is 11.9 Å². The number of halogens is 1. The van der Waals surface area contributed by atoms with Crippen LogP contribution in [0.25, 0.3) is 22.6 Å². The molecule has 1 heterocycles. The monoisotopic (exact) mass is 434 g/mol. The van der Waals surface area contributed by atoms with Gasteiger partial charge in [-0.2, -0.15) is 0 Å². The zero-order valence-corrected chi connectivity index (χ0v) is 18.2. The van der Waals surface area contributed by atoms with Gasteiger partial charge in [0.1, 0.15) is 11.3 Å². The van der Waals surface area contributed by atoms with Gasteiger partial charge in [0.15, 0.2) is 5.58 Å². The molecule has 4 rings (SSSR count). The summed E-state index contributed by atoms with van der Waals surface area (Å²) in [6.07, 6.45) is 2.07. The fourth-order valence-electron chi connectivity index (χ4n) is 3.15. The number of anilines is 1. The largest absolute Gasteiger partial charge is 0.494 e. The number of nitrogens with zero attached hydrogens (tertiary/aromatic N) is 1. The van der Waals surface area contributed by atoms with Crippen LogP contribution in [-0.2, 0) is 0 Å². The summed E-state index contributed by atoms with van der Waals surface area (Å²) in [5.41, 5.74) is 4.35. The van der Waals surface area contributed by atoms with Crippen LogP contribution < -0.4 is 10.1 Å². The Bertz CT molecular complexity index is 1220. The van der Waals surface area contributed by atoms with Gasteiger partial charge in [0.25, 0.3) is 5.91 Å². The molecule has 0 aliphatic carbocycles. The van der Waals surface area contributed by atoms with Gasteiger partial charge in [0, 0.05) is 11.1 Å². The third-order valence-electron chi connectivity index (χ3n) is 4.89. The van der Waals surface area contributed by atoms with Crippen molar-refractivity contribution in [2.24, 2.45) is 0 Å². The second kappa shape index (κ2) is 9.23. The lowest BCUT2D eigenvalue weighted by atomic mass is 10.1. The highest BCUT2D eigenvalue weighted by atomic mass is 35.5. The summed E-state index contributed by atoms with van der Waals surface area (Å²) in [6, 6.07) is 18.2. The molecular formula is C25H23ClN2O3. The summed E-state index contributed by atoms with van der Waals surface area (Å²) in [4.78, 5) is 17.3. The minimum atomic E-state index is -0.257. The highest BCUT2D eigenvalue weighted by Gasteiger charge is 2.13. The maximum atomic E-state index is 12.7. The van der Waals surface area contributed by atoms with Crippen molar-refractivity contribution >= 4 is 34.3 Å². The fraction of sp³-hybridized carbons (Fsp3) is 0.200. The molecule has 5 nitrogen and oxygen atoms in total. The zero-order valence-electron chi connectivity index (χ0n) is 17.4. The van der Waals surface area contributed by atoms with Crippen LogP contribution in [0.5, 0.6) is 5.75 Å². The maximum absolute atomic E-state index is 12.7. The van der Waals surface area contributed by atoms with Crippen molar-refractivity contribution in [1.29, 1.82) is 0 Å². The molecule has 0 radical (unpaired) electrons. The number of benzene rings is 3. The number of amides is 1. The van der Waals surface area contributed by atoms with E-state index in [1.54, 1.807) is 36.4 Å². The number of hydrogen-bond acceptors (Lipinski definition) is 4. The molecule has 0 unspecified atom stereocenters. The van der Waals surface area contributed by atoms with Crippen LogP contribution in [-0.4, -0.2) is 17.5 Å². The van der Waals surface area contributed by atoms with Crippen molar-refractivity contribution in [3.8, 4) is 17.2 Å². The van der Waals surface area contributed by atoms with Crippen LogP contribution in [0.2, 0.25) is 5.02 Å². The molecule has 0 saturated heterocycles. The number of aryl methyl sites for hydroxylation is 1. The number of carbonyl (C=O) groups is 1. The first-order valence-corrected chi connectivity index (χ1v) is 10.6. The minimum Gasteiger partial charge on any atom is -0.494 e. The number of oxazole rings is 1. The molecule has 0 atom stereocenters. The van der Waals surface area contributed by atoms with Crippen molar-refractivity contribution in [2.45, 2.75) is 26.7 Å². The van der Waals surface area contributed by atoms with Crippen molar-refractivity contribution < 1.29 is 13.9 Å². The number of fused-ring (bicyclic) bond motifs is 1. The van der Waals surface area contributed by atoms with Gasteiger partial charge in [0.05, 0.1) is 17.3 Å². The molecule has 1 N–H and O–H groups in total. The first-order chi connectivity index (χ1) is 15.0. The smallest absolute Gasteiger partial charge is 0.255 e. The highest BCUT2D eigenvalue weighted by Crippen LogP contribution is 2.31. The molecule has 0 fully saturated rings. The van der Waals surface area contributed by atoms with Gasteiger partial charge in [-0.15, -0.1) is 0 Å². The van der Waals surface area contributed by atoms with E-state index in [0.717, 1.165) is 35.2 Å². The molecule has 0 spiro atoms. The van der Waals surface area contributed by atoms with E-state index in [1.807, 2.05) is 31.2 Å². The van der Waals surface area contributed by atoms with E-state index in [0.29, 0.717) is 34.4 Å². The molecule has 0 aliphatic heterocycles. The average molecular weight is 435 g/mol. The minimum absolute atomic E-state index is 0.257. The quantitative estimate of drug-likeness (QED) is 0.322. The van der Waals surface area contributed by atoms with E-state index in [1.165, 1.54) is 0 Å². The van der Waals surface area contributed by atoms with Gasteiger partial charge in [-0.05, 0) is 73.5 Å². The number of ether oxygens (including phenoxy) is 1. The number of carbonyl (C=O) groups excluding carboxylic acids is 1. The Morgan fingerprint density at radius 1 is 1.10 bits per heavy atom. The topological polar surface area (TPSA) is 64.4 Å². The second-order valence-electron chi connectivity index (χ2n) is 7.37. The Balaban J connectivity index is 1.52. The van der Waals surface area contributed by atoms with Crippen molar-refractivity contribution in [1.82, 2.24) is 4.98 Å². The summed E-state index contributed by atoms with van der Waals surface area (Å²) in [5, 5.41) is 3.30. The number of rotatable bonds is 7. The standard InChI is InChI=1S/C25H23ClN2O3/c1-3-4-13-30-19-9-6-17(7-10-19)24(29)27-21-15-18(8-11-20(21)26)25-28-22-14-16(2)5-12-23(22)31-25/h5-12,14-15H,3-4,13H2,1-2H3,(H,27,29). The van der Waals surface area contributed by atoms with E-state index in [-0.39, 0.29) is 5.91 Å². The van der Waals surface area contributed by atoms with Gasteiger partial charge in [-0.3, -0.25) is 4.79 Å². The van der Waals surface area contributed by atoms with Gasteiger partial charge >= 0.3 is 0 Å². The van der Waals surface area contributed by atoms with Gasteiger partial charge < -0.3 is 14.5 Å². The summed E-state index contributed by atoms with van der Waals surface area (Å²) in [5.74, 6) is 0.963. The molecule has 4 aromatic rings. The SMILES string of the molecule is CCCCOc1ccc(C(=O)Nc2cc(-c3nc4cc(C)ccc4o3)ccc2Cl)cc1. The fourth-order valence-corrected chi connectivity index (χ4v) is 3.31. The Labute approximate surface area is 186 Å².